The molecule has 18 heavy (non-hydrogen) atoms. The van der Waals surface area contributed by atoms with Gasteiger partial charge in [-0.3, -0.25) is 9.36 Å². The summed E-state index contributed by atoms with van der Waals surface area (Å²) >= 11 is 22.5. The van der Waals surface area contributed by atoms with E-state index in [1.807, 2.05) is 0 Å². The Kier molecular flexibility index (Phi) is 3.40. The van der Waals surface area contributed by atoms with Gasteiger partial charge in [0.1, 0.15) is 6.00 Å². The first-order valence-corrected chi connectivity index (χ1v) is 6.26. The first-order valence-electron chi connectivity index (χ1n) is 4.59. The van der Waals surface area contributed by atoms with E-state index >= 15 is 0 Å². The van der Waals surface area contributed by atoms with E-state index in [2.05, 4.69) is 4.98 Å². The standard InChI is InChI=1S/C8H6Cl4N4O2/c1-14-3-13-5-4(14)6(17)16(8(10,11)12)7(18)15(5)2-9/h3H,2H2,1H3. The summed E-state index contributed by atoms with van der Waals surface area (Å²) in [5.74, 6) is 0. The van der Waals surface area contributed by atoms with Crippen molar-refractivity contribution >= 4 is 57.6 Å². The Bertz CT molecular complexity index is 723. The molecule has 0 radical (unpaired) electrons. The fraction of sp³-hybridized carbons (Fsp3) is 0.375. The quantitative estimate of drug-likeness (QED) is 0.742. The van der Waals surface area contributed by atoms with Crippen molar-refractivity contribution in [3.63, 3.8) is 0 Å². The summed E-state index contributed by atoms with van der Waals surface area (Å²) in [5, 5.41) is 0. The van der Waals surface area contributed by atoms with Crippen molar-refractivity contribution in [2.45, 2.75) is 9.92 Å². The summed E-state index contributed by atoms with van der Waals surface area (Å²) in [6.45, 7) is 0. The largest absolute Gasteiger partial charge is 0.337 e. The van der Waals surface area contributed by atoms with Crippen LogP contribution in [-0.4, -0.2) is 18.7 Å². The molecule has 2 heterocycles. The van der Waals surface area contributed by atoms with Gasteiger partial charge in [-0.05, 0) is 0 Å². The second-order valence-corrected chi connectivity index (χ2v) is 5.93. The Labute approximate surface area is 120 Å². The number of nitrogens with zero attached hydrogens (tertiary/aromatic N) is 4. The second-order valence-electron chi connectivity index (χ2n) is 3.47. The Morgan fingerprint density at radius 1 is 1.33 bits per heavy atom. The molecule has 0 fully saturated rings. The molecule has 2 rings (SSSR count). The minimum Gasteiger partial charge on any atom is -0.328 e. The minimum absolute atomic E-state index is 0.126. The monoisotopic (exact) mass is 330 g/mol. The molecular weight excluding hydrogens is 326 g/mol. The molecule has 2 aromatic heterocycles. The average molecular weight is 332 g/mol. The lowest BCUT2D eigenvalue weighted by Gasteiger charge is -2.15. The van der Waals surface area contributed by atoms with Gasteiger partial charge in [0.15, 0.2) is 11.2 Å². The van der Waals surface area contributed by atoms with E-state index < -0.39 is 15.2 Å². The van der Waals surface area contributed by atoms with Crippen LogP contribution in [0.1, 0.15) is 0 Å². The molecular formula is C8H6Cl4N4O2. The van der Waals surface area contributed by atoms with Gasteiger partial charge >= 0.3 is 5.69 Å². The van der Waals surface area contributed by atoms with Crippen molar-refractivity contribution in [2.24, 2.45) is 7.05 Å². The maximum absolute atomic E-state index is 12.1. The number of aryl methyl sites for hydroxylation is 1. The molecule has 0 aromatic carbocycles. The predicted octanol–water partition coefficient (Wildman–Crippen LogP) is 1.38. The van der Waals surface area contributed by atoms with Crippen molar-refractivity contribution in [1.29, 1.82) is 0 Å². The molecule has 2 aromatic rings. The summed E-state index contributed by atoms with van der Waals surface area (Å²) in [6, 6.07) is -0.215. The van der Waals surface area contributed by atoms with Crippen LogP contribution in [0, 0.1) is 0 Å². The van der Waals surface area contributed by atoms with E-state index in [4.69, 9.17) is 46.4 Å². The highest BCUT2D eigenvalue weighted by molar-refractivity contribution is 6.64. The van der Waals surface area contributed by atoms with Crippen LogP contribution in [0.2, 0.25) is 0 Å². The molecule has 0 atom stereocenters. The van der Waals surface area contributed by atoms with E-state index in [0.29, 0.717) is 4.57 Å². The molecule has 0 saturated carbocycles. The van der Waals surface area contributed by atoms with Gasteiger partial charge in [-0.25, -0.2) is 14.3 Å². The summed E-state index contributed by atoms with van der Waals surface area (Å²) in [6.07, 6.45) is 1.37. The van der Waals surface area contributed by atoms with Crippen molar-refractivity contribution in [2.75, 3.05) is 0 Å². The third-order valence-electron chi connectivity index (χ3n) is 2.37. The van der Waals surface area contributed by atoms with Crippen molar-refractivity contribution in [1.82, 2.24) is 18.7 Å². The Morgan fingerprint density at radius 3 is 2.44 bits per heavy atom. The molecule has 0 spiro atoms. The van der Waals surface area contributed by atoms with E-state index in [1.165, 1.54) is 10.9 Å². The highest BCUT2D eigenvalue weighted by atomic mass is 35.6. The lowest BCUT2D eigenvalue weighted by molar-refractivity contribution is 0.639. The van der Waals surface area contributed by atoms with Crippen molar-refractivity contribution < 1.29 is 0 Å². The van der Waals surface area contributed by atoms with Crippen molar-refractivity contribution in [3.8, 4) is 0 Å². The normalized spacial score (nSPS) is 12.3. The highest BCUT2D eigenvalue weighted by Crippen LogP contribution is 2.29. The van der Waals surface area contributed by atoms with E-state index in [9.17, 15) is 9.59 Å². The maximum Gasteiger partial charge on any atom is 0.337 e. The van der Waals surface area contributed by atoms with Gasteiger partial charge in [-0.1, -0.05) is 34.8 Å². The number of rotatable bonds is 1. The summed E-state index contributed by atoms with van der Waals surface area (Å²) in [7, 11) is 1.59. The van der Waals surface area contributed by atoms with Gasteiger partial charge in [-0.15, -0.1) is 11.6 Å². The first kappa shape index (κ1) is 13.7. The predicted molar refractivity (Wildman–Crippen MR) is 70.6 cm³/mol. The van der Waals surface area contributed by atoms with Crippen LogP contribution >= 0.6 is 46.4 Å². The number of halogens is 4. The van der Waals surface area contributed by atoms with E-state index in [-0.39, 0.29) is 17.2 Å². The topological polar surface area (TPSA) is 61.8 Å². The zero-order valence-electron chi connectivity index (χ0n) is 8.90. The molecule has 0 saturated heterocycles. The number of hydrogen-bond acceptors (Lipinski definition) is 3. The highest BCUT2D eigenvalue weighted by Gasteiger charge is 2.30. The van der Waals surface area contributed by atoms with Crippen LogP contribution < -0.4 is 11.2 Å². The van der Waals surface area contributed by atoms with Gasteiger partial charge in [0.25, 0.3) is 9.48 Å². The van der Waals surface area contributed by atoms with Crippen LogP contribution in [0.3, 0.4) is 0 Å². The van der Waals surface area contributed by atoms with Crippen molar-refractivity contribution in [3.05, 3.63) is 27.2 Å². The molecule has 0 aliphatic carbocycles. The molecule has 98 valence electrons. The fourth-order valence-electron chi connectivity index (χ4n) is 1.60. The molecule has 0 unspecified atom stereocenters. The van der Waals surface area contributed by atoms with Crippen LogP contribution in [0.5, 0.6) is 0 Å². The average Bonchev–Trinajstić information content (AvgIpc) is 2.59. The first-order chi connectivity index (χ1) is 8.29. The van der Waals surface area contributed by atoms with E-state index in [0.717, 1.165) is 4.57 Å². The Balaban J connectivity index is 3.10. The number of imidazole rings is 1. The SMILES string of the molecule is Cn1cnc2c1c(=O)n(C(Cl)(Cl)Cl)c(=O)n2CCl. The molecule has 6 nitrogen and oxygen atoms in total. The van der Waals surface area contributed by atoms with Gasteiger partial charge in [0, 0.05) is 7.05 Å². The van der Waals surface area contributed by atoms with E-state index in [1.54, 1.807) is 7.05 Å². The molecule has 0 bridgehead atoms. The number of aromatic nitrogens is 4. The number of hydrogen-bond donors (Lipinski definition) is 0. The fourth-order valence-corrected chi connectivity index (χ4v) is 2.26. The van der Waals surface area contributed by atoms with Crippen LogP contribution in [0.15, 0.2) is 15.9 Å². The zero-order valence-corrected chi connectivity index (χ0v) is 11.9. The molecule has 0 amide bonds. The van der Waals surface area contributed by atoms with Crippen LogP contribution in [0.25, 0.3) is 11.2 Å². The molecule has 0 aliphatic rings. The van der Waals surface area contributed by atoms with Gasteiger partial charge in [0.05, 0.1) is 6.33 Å². The van der Waals surface area contributed by atoms with Crippen LogP contribution in [-0.2, 0) is 17.0 Å². The third kappa shape index (κ3) is 1.93. The van der Waals surface area contributed by atoms with Gasteiger partial charge < -0.3 is 4.57 Å². The third-order valence-corrected chi connectivity index (χ3v) is 3.12. The van der Waals surface area contributed by atoms with Crippen LogP contribution in [0.4, 0.5) is 0 Å². The number of alkyl halides is 4. The summed E-state index contributed by atoms with van der Waals surface area (Å²) < 4.78 is 0.776. The van der Waals surface area contributed by atoms with Gasteiger partial charge in [-0.2, -0.15) is 0 Å². The zero-order chi connectivity index (χ0) is 13.7. The molecule has 10 heteroatoms. The smallest absolute Gasteiger partial charge is 0.328 e. The molecule has 0 aliphatic heterocycles. The maximum atomic E-state index is 12.1. The minimum atomic E-state index is -2.19. The van der Waals surface area contributed by atoms with Gasteiger partial charge in [0.2, 0.25) is 0 Å². The summed E-state index contributed by atoms with van der Waals surface area (Å²) in [4.78, 5) is 28.1. The lowest BCUT2D eigenvalue weighted by atomic mass is 10.5. The Hall–Kier alpha value is -0.690. The molecule has 0 N–H and O–H groups in total. The Morgan fingerprint density at radius 2 is 1.94 bits per heavy atom. The number of fused-ring (bicyclic) bond motifs is 1. The summed E-state index contributed by atoms with van der Waals surface area (Å²) in [5.41, 5.74) is -1.30. The lowest BCUT2D eigenvalue weighted by Crippen LogP contribution is -2.45. The second kappa shape index (κ2) is 4.45.